The Balaban J connectivity index is 2.02. The molecule has 1 heterocycles. The van der Waals surface area contributed by atoms with Crippen molar-refractivity contribution < 1.29 is 0 Å². The van der Waals surface area contributed by atoms with Gasteiger partial charge in [-0.1, -0.05) is 0 Å². The Hall–Kier alpha value is -0.830. The zero-order valence-electron chi connectivity index (χ0n) is 8.11. The van der Waals surface area contributed by atoms with Gasteiger partial charge in [-0.05, 0) is 37.2 Å². The largest absolute Gasteiger partial charge is 0.328 e. The van der Waals surface area contributed by atoms with Crippen molar-refractivity contribution in [2.24, 2.45) is 12.8 Å². The molecule has 1 aromatic heterocycles. The Morgan fingerprint density at radius 1 is 1.38 bits per heavy atom. The minimum absolute atomic E-state index is 0.438. The standard InChI is InChI=1S/C10H17N3/c1-13-7-9(6-12-13)8-2-4-10(11)5-3-8/h6-8,10H,2-5,11H2,1H3. The molecule has 2 rings (SSSR count). The topological polar surface area (TPSA) is 43.8 Å². The van der Waals surface area contributed by atoms with Crippen LogP contribution in [0.5, 0.6) is 0 Å². The van der Waals surface area contributed by atoms with Crippen LogP contribution in [-0.2, 0) is 7.05 Å². The lowest BCUT2D eigenvalue weighted by Gasteiger charge is -2.24. The smallest absolute Gasteiger partial charge is 0.0524 e. The van der Waals surface area contributed by atoms with Gasteiger partial charge in [0, 0.05) is 19.3 Å². The third kappa shape index (κ3) is 1.91. The highest BCUT2D eigenvalue weighted by Gasteiger charge is 2.20. The van der Waals surface area contributed by atoms with Gasteiger partial charge in [-0.15, -0.1) is 0 Å². The summed E-state index contributed by atoms with van der Waals surface area (Å²) >= 11 is 0. The molecule has 0 atom stereocenters. The number of aryl methyl sites for hydroxylation is 1. The zero-order valence-corrected chi connectivity index (χ0v) is 8.11. The summed E-state index contributed by atoms with van der Waals surface area (Å²) in [5, 5.41) is 4.20. The third-order valence-corrected chi connectivity index (χ3v) is 2.97. The summed E-state index contributed by atoms with van der Waals surface area (Å²) in [6.45, 7) is 0. The summed E-state index contributed by atoms with van der Waals surface area (Å²) in [5.74, 6) is 0.702. The van der Waals surface area contributed by atoms with E-state index in [4.69, 9.17) is 5.73 Å². The van der Waals surface area contributed by atoms with E-state index < -0.39 is 0 Å². The molecule has 1 aliphatic rings. The molecular formula is C10H17N3. The van der Waals surface area contributed by atoms with Gasteiger partial charge in [0.2, 0.25) is 0 Å². The van der Waals surface area contributed by atoms with Crippen LogP contribution in [0.15, 0.2) is 12.4 Å². The summed E-state index contributed by atoms with van der Waals surface area (Å²) in [6.07, 6.45) is 8.90. The maximum atomic E-state index is 5.86. The SMILES string of the molecule is Cn1cc(C2CCC(N)CC2)cn1. The van der Waals surface area contributed by atoms with Crippen molar-refractivity contribution in [2.75, 3.05) is 0 Å². The molecule has 2 N–H and O–H groups in total. The minimum atomic E-state index is 0.438. The second-order valence-corrected chi connectivity index (χ2v) is 4.06. The van der Waals surface area contributed by atoms with E-state index in [-0.39, 0.29) is 0 Å². The van der Waals surface area contributed by atoms with E-state index in [0.717, 1.165) is 0 Å². The number of nitrogens with zero attached hydrogens (tertiary/aromatic N) is 2. The molecule has 1 aromatic rings. The normalized spacial score (nSPS) is 29.1. The monoisotopic (exact) mass is 179 g/mol. The van der Waals surface area contributed by atoms with Crippen LogP contribution >= 0.6 is 0 Å². The number of rotatable bonds is 1. The van der Waals surface area contributed by atoms with Gasteiger partial charge in [-0.3, -0.25) is 4.68 Å². The fraction of sp³-hybridized carbons (Fsp3) is 0.700. The van der Waals surface area contributed by atoms with E-state index in [2.05, 4.69) is 11.3 Å². The van der Waals surface area contributed by atoms with Crippen LogP contribution in [0.2, 0.25) is 0 Å². The Labute approximate surface area is 78.9 Å². The molecule has 0 amide bonds. The average molecular weight is 179 g/mol. The predicted octanol–water partition coefficient (Wildman–Crippen LogP) is 1.41. The van der Waals surface area contributed by atoms with Crippen LogP contribution in [0.25, 0.3) is 0 Å². The average Bonchev–Trinajstić information content (AvgIpc) is 2.53. The lowest BCUT2D eigenvalue weighted by Crippen LogP contribution is -2.25. The van der Waals surface area contributed by atoms with Crippen molar-refractivity contribution in [3.05, 3.63) is 18.0 Å². The van der Waals surface area contributed by atoms with Crippen LogP contribution in [0, 0.1) is 0 Å². The Kier molecular flexibility index (Phi) is 2.36. The fourth-order valence-electron chi connectivity index (χ4n) is 2.10. The van der Waals surface area contributed by atoms with E-state index in [0.29, 0.717) is 12.0 Å². The van der Waals surface area contributed by atoms with Crippen LogP contribution in [0.4, 0.5) is 0 Å². The molecule has 0 radical (unpaired) electrons. The lowest BCUT2D eigenvalue weighted by molar-refractivity contribution is 0.395. The van der Waals surface area contributed by atoms with E-state index in [1.807, 2.05) is 17.9 Å². The van der Waals surface area contributed by atoms with Crippen molar-refractivity contribution >= 4 is 0 Å². The second kappa shape index (κ2) is 3.50. The van der Waals surface area contributed by atoms with Gasteiger partial charge in [-0.2, -0.15) is 5.10 Å². The summed E-state index contributed by atoms with van der Waals surface area (Å²) in [4.78, 5) is 0. The van der Waals surface area contributed by atoms with Gasteiger partial charge in [0.1, 0.15) is 0 Å². The van der Waals surface area contributed by atoms with E-state index in [1.165, 1.54) is 31.2 Å². The molecule has 0 unspecified atom stereocenters. The number of hydrogen-bond donors (Lipinski definition) is 1. The first kappa shape index (κ1) is 8.75. The van der Waals surface area contributed by atoms with E-state index >= 15 is 0 Å². The molecule has 1 saturated carbocycles. The van der Waals surface area contributed by atoms with Crippen LogP contribution in [-0.4, -0.2) is 15.8 Å². The number of nitrogens with two attached hydrogens (primary N) is 1. The van der Waals surface area contributed by atoms with Gasteiger partial charge in [0.05, 0.1) is 6.20 Å². The lowest BCUT2D eigenvalue weighted by atomic mass is 9.83. The molecule has 0 spiro atoms. The van der Waals surface area contributed by atoms with Gasteiger partial charge >= 0.3 is 0 Å². The molecule has 0 bridgehead atoms. The van der Waals surface area contributed by atoms with Gasteiger partial charge < -0.3 is 5.73 Å². The molecular weight excluding hydrogens is 162 g/mol. The molecule has 72 valence electrons. The van der Waals surface area contributed by atoms with Gasteiger partial charge in [0.15, 0.2) is 0 Å². The van der Waals surface area contributed by atoms with Crippen LogP contribution < -0.4 is 5.73 Å². The summed E-state index contributed by atoms with van der Waals surface area (Å²) in [6, 6.07) is 0.438. The first-order valence-electron chi connectivity index (χ1n) is 5.00. The minimum Gasteiger partial charge on any atom is -0.328 e. The molecule has 13 heavy (non-hydrogen) atoms. The van der Waals surface area contributed by atoms with Crippen LogP contribution in [0.3, 0.4) is 0 Å². The maximum Gasteiger partial charge on any atom is 0.0524 e. The Morgan fingerprint density at radius 3 is 2.62 bits per heavy atom. The number of aromatic nitrogens is 2. The molecule has 0 saturated heterocycles. The molecule has 1 aliphatic carbocycles. The quantitative estimate of drug-likeness (QED) is 0.708. The summed E-state index contributed by atoms with van der Waals surface area (Å²) in [5.41, 5.74) is 7.24. The second-order valence-electron chi connectivity index (χ2n) is 4.06. The van der Waals surface area contributed by atoms with Gasteiger partial charge in [-0.25, -0.2) is 0 Å². The fourth-order valence-corrected chi connectivity index (χ4v) is 2.10. The van der Waals surface area contributed by atoms with Crippen molar-refractivity contribution in [3.63, 3.8) is 0 Å². The molecule has 0 aliphatic heterocycles. The highest BCUT2D eigenvalue weighted by molar-refractivity contribution is 5.12. The van der Waals surface area contributed by atoms with Crippen molar-refractivity contribution in [1.29, 1.82) is 0 Å². The maximum absolute atomic E-state index is 5.86. The van der Waals surface area contributed by atoms with Crippen molar-refractivity contribution in [1.82, 2.24) is 9.78 Å². The molecule has 3 heteroatoms. The third-order valence-electron chi connectivity index (χ3n) is 2.97. The first-order valence-corrected chi connectivity index (χ1v) is 5.00. The predicted molar refractivity (Wildman–Crippen MR) is 52.4 cm³/mol. The highest BCUT2D eigenvalue weighted by Crippen LogP contribution is 2.31. The number of hydrogen-bond acceptors (Lipinski definition) is 2. The zero-order chi connectivity index (χ0) is 9.26. The Bertz CT molecular complexity index is 271. The molecule has 1 fully saturated rings. The van der Waals surface area contributed by atoms with Crippen LogP contribution in [0.1, 0.15) is 37.2 Å². The van der Waals surface area contributed by atoms with E-state index in [1.54, 1.807) is 0 Å². The highest BCUT2D eigenvalue weighted by atomic mass is 15.2. The van der Waals surface area contributed by atoms with Gasteiger partial charge in [0.25, 0.3) is 0 Å². The molecule has 0 aromatic carbocycles. The first-order chi connectivity index (χ1) is 6.25. The molecule has 3 nitrogen and oxygen atoms in total. The van der Waals surface area contributed by atoms with Crippen molar-refractivity contribution in [3.8, 4) is 0 Å². The summed E-state index contributed by atoms with van der Waals surface area (Å²) < 4.78 is 1.88. The van der Waals surface area contributed by atoms with Crippen molar-refractivity contribution in [2.45, 2.75) is 37.6 Å². The van der Waals surface area contributed by atoms with E-state index in [9.17, 15) is 0 Å². The summed E-state index contributed by atoms with van der Waals surface area (Å²) in [7, 11) is 1.97. The Morgan fingerprint density at radius 2 is 2.08 bits per heavy atom.